The lowest BCUT2D eigenvalue weighted by Gasteiger charge is -2.45. The van der Waals surface area contributed by atoms with Crippen LogP contribution in [0.1, 0.15) is 17.5 Å². The molecule has 0 radical (unpaired) electrons. The standard InChI is InChI=1S/C17H8BrF10NO2S/c18-10-5-11(32(30,31)17(26,27)28)7-13(6-10,12-4-2-1-3-9(12)8-29)14(19,15(20,21)22)16(23,24)25/h1-4,6-7H,5H2. The van der Waals surface area contributed by atoms with Crippen LogP contribution in [-0.2, 0) is 15.3 Å². The first-order valence-electron chi connectivity index (χ1n) is 7.98. The van der Waals surface area contributed by atoms with Crippen molar-refractivity contribution in [3.05, 3.63) is 56.9 Å². The molecular weight excluding hydrogens is 552 g/mol. The van der Waals surface area contributed by atoms with Gasteiger partial charge < -0.3 is 0 Å². The predicted molar refractivity (Wildman–Crippen MR) is 93.5 cm³/mol. The number of alkyl halides is 10. The maximum atomic E-state index is 15.4. The molecule has 0 fully saturated rings. The molecule has 0 aliphatic heterocycles. The number of benzene rings is 1. The summed E-state index contributed by atoms with van der Waals surface area (Å²) in [6, 6.07) is 4.21. The molecule has 0 saturated carbocycles. The van der Waals surface area contributed by atoms with Crippen molar-refractivity contribution >= 4 is 25.8 Å². The van der Waals surface area contributed by atoms with Gasteiger partial charge in [0.15, 0.2) is 0 Å². The van der Waals surface area contributed by atoms with E-state index < -0.39 is 71.8 Å². The van der Waals surface area contributed by atoms with E-state index in [-0.39, 0.29) is 6.08 Å². The van der Waals surface area contributed by atoms with Crippen LogP contribution in [0.25, 0.3) is 0 Å². The molecule has 0 heterocycles. The summed E-state index contributed by atoms with van der Waals surface area (Å²) in [5, 5.41) is 9.17. The number of allylic oxidation sites excluding steroid dienone is 4. The van der Waals surface area contributed by atoms with Gasteiger partial charge in [0.25, 0.3) is 9.84 Å². The largest absolute Gasteiger partial charge is 0.501 e. The third kappa shape index (κ3) is 3.81. The predicted octanol–water partition coefficient (Wildman–Crippen LogP) is 6.13. The Morgan fingerprint density at radius 1 is 0.906 bits per heavy atom. The zero-order chi connectivity index (χ0) is 25.0. The van der Waals surface area contributed by atoms with Gasteiger partial charge in [-0.2, -0.15) is 44.8 Å². The van der Waals surface area contributed by atoms with Gasteiger partial charge in [-0.15, -0.1) is 0 Å². The minimum absolute atomic E-state index is 0.0282. The molecule has 1 atom stereocenters. The van der Waals surface area contributed by atoms with E-state index in [2.05, 4.69) is 15.9 Å². The fraction of sp³-hybridized carbons (Fsp3) is 0.353. The van der Waals surface area contributed by atoms with E-state index >= 15 is 4.39 Å². The van der Waals surface area contributed by atoms with Crippen LogP contribution >= 0.6 is 15.9 Å². The van der Waals surface area contributed by atoms with Crippen molar-refractivity contribution in [2.45, 2.75) is 35.4 Å². The van der Waals surface area contributed by atoms with E-state index in [9.17, 15) is 47.9 Å². The van der Waals surface area contributed by atoms with E-state index in [0.29, 0.717) is 12.1 Å². The number of nitrogens with zero attached hydrogens (tertiary/aromatic N) is 1. The fourth-order valence-corrected chi connectivity index (χ4v) is 5.08. The second-order valence-corrected chi connectivity index (χ2v) is 9.52. The number of halogens is 11. The molecule has 176 valence electrons. The number of sulfone groups is 1. The third-order valence-corrected chi connectivity index (χ3v) is 6.68. The molecule has 32 heavy (non-hydrogen) atoms. The maximum Gasteiger partial charge on any atom is 0.501 e. The van der Waals surface area contributed by atoms with Gasteiger partial charge in [0.05, 0.1) is 22.0 Å². The smallest absolute Gasteiger partial charge is 0.222 e. The Hall–Kier alpha value is -2.08. The average molecular weight is 560 g/mol. The van der Waals surface area contributed by atoms with E-state index in [4.69, 9.17) is 5.26 Å². The van der Waals surface area contributed by atoms with Gasteiger partial charge in [0, 0.05) is 6.42 Å². The molecule has 1 aliphatic carbocycles. The van der Waals surface area contributed by atoms with Crippen molar-refractivity contribution in [3.63, 3.8) is 0 Å². The Labute approximate surface area is 182 Å². The van der Waals surface area contributed by atoms with Crippen LogP contribution in [0.4, 0.5) is 43.9 Å². The van der Waals surface area contributed by atoms with Crippen LogP contribution in [-0.4, -0.2) is 31.9 Å². The molecule has 0 amide bonds. The van der Waals surface area contributed by atoms with E-state index in [0.717, 1.165) is 12.1 Å². The van der Waals surface area contributed by atoms with Crippen LogP contribution in [0.15, 0.2) is 45.8 Å². The Kier molecular flexibility index (Phi) is 6.34. The summed E-state index contributed by atoms with van der Waals surface area (Å²) >= 11 is 2.44. The van der Waals surface area contributed by atoms with Gasteiger partial charge in [-0.3, -0.25) is 0 Å². The van der Waals surface area contributed by atoms with Crippen molar-refractivity contribution < 1.29 is 52.3 Å². The molecule has 0 aromatic heterocycles. The van der Waals surface area contributed by atoms with Gasteiger partial charge in [0.1, 0.15) is 0 Å². The van der Waals surface area contributed by atoms with Crippen LogP contribution in [0.3, 0.4) is 0 Å². The molecule has 1 aliphatic rings. The Bertz CT molecular complexity index is 1110. The first-order valence-corrected chi connectivity index (χ1v) is 10.3. The molecule has 0 bridgehead atoms. The topological polar surface area (TPSA) is 57.9 Å². The monoisotopic (exact) mass is 559 g/mol. The zero-order valence-electron chi connectivity index (χ0n) is 15.0. The van der Waals surface area contributed by atoms with Crippen molar-refractivity contribution in [1.82, 2.24) is 0 Å². The quantitative estimate of drug-likeness (QED) is 0.419. The Morgan fingerprint density at radius 3 is 1.84 bits per heavy atom. The van der Waals surface area contributed by atoms with E-state index in [1.165, 1.54) is 6.07 Å². The number of hydrogen-bond acceptors (Lipinski definition) is 3. The molecular formula is C17H8BrF10NO2S. The molecule has 3 nitrogen and oxygen atoms in total. The molecule has 1 aromatic rings. The molecule has 1 unspecified atom stereocenters. The van der Waals surface area contributed by atoms with E-state index in [1.54, 1.807) is 0 Å². The molecule has 1 aromatic carbocycles. The zero-order valence-corrected chi connectivity index (χ0v) is 17.4. The summed E-state index contributed by atoms with van der Waals surface area (Å²) in [5.74, 6) is 0. The van der Waals surface area contributed by atoms with Crippen LogP contribution in [0, 0.1) is 11.3 Å². The highest BCUT2D eigenvalue weighted by Gasteiger charge is 2.81. The van der Waals surface area contributed by atoms with Crippen molar-refractivity contribution in [1.29, 1.82) is 5.26 Å². The minimum Gasteiger partial charge on any atom is -0.222 e. The minimum atomic E-state index is -6.81. The average Bonchev–Trinajstić information content (AvgIpc) is 2.63. The number of hydrogen-bond donors (Lipinski definition) is 0. The van der Waals surface area contributed by atoms with Crippen LogP contribution in [0.2, 0.25) is 0 Å². The van der Waals surface area contributed by atoms with Gasteiger partial charge in [-0.05, 0) is 16.1 Å². The first kappa shape index (κ1) is 26.2. The normalized spacial score (nSPS) is 20.9. The highest BCUT2D eigenvalue weighted by atomic mass is 79.9. The summed E-state index contributed by atoms with van der Waals surface area (Å²) in [4.78, 5) is -1.96. The van der Waals surface area contributed by atoms with Gasteiger partial charge >= 0.3 is 23.5 Å². The molecule has 0 spiro atoms. The highest BCUT2D eigenvalue weighted by Crippen LogP contribution is 2.61. The molecule has 15 heteroatoms. The highest BCUT2D eigenvalue weighted by molar-refractivity contribution is 9.11. The first-order chi connectivity index (χ1) is 14.3. The fourth-order valence-electron chi connectivity index (χ4n) is 3.24. The lowest BCUT2D eigenvalue weighted by atomic mass is 9.64. The summed E-state index contributed by atoms with van der Waals surface area (Å²) in [5.41, 5.74) is -19.0. The molecule has 2 rings (SSSR count). The Balaban J connectivity index is 3.19. The van der Waals surface area contributed by atoms with Crippen LogP contribution in [0.5, 0.6) is 0 Å². The van der Waals surface area contributed by atoms with Crippen molar-refractivity contribution in [3.8, 4) is 6.07 Å². The summed E-state index contributed by atoms with van der Waals surface area (Å²) in [7, 11) is -6.48. The second-order valence-electron chi connectivity index (χ2n) is 6.51. The summed E-state index contributed by atoms with van der Waals surface area (Å²) in [6.45, 7) is 0. The number of nitriles is 1. The van der Waals surface area contributed by atoms with Gasteiger partial charge in [-0.25, -0.2) is 12.8 Å². The van der Waals surface area contributed by atoms with Crippen molar-refractivity contribution in [2.24, 2.45) is 0 Å². The lowest BCUT2D eigenvalue weighted by molar-refractivity contribution is -0.354. The number of rotatable bonds is 3. The van der Waals surface area contributed by atoms with Gasteiger partial charge in [-0.1, -0.05) is 46.3 Å². The van der Waals surface area contributed by atoms with Gasteiger partial charge in [0.2, 0.25) is 0 Å². The SMILES string of the molecule is N#Cc1ccccc1C1(C(F)(C(F)(F)F)C(F)(F)F)C=C(Br)CC(S(=O)(=O)C(F)(F)F)=C1. The molecule has 0 N–H and O–H groups in total. The third-order valence-electron chi connectivity index (χ3n) is 4.61. The summed E-state index contributed by atoms with van der Waals surface area (Å²) < 4.78 is 160. The lowest BCUT2D eigenvalue weighted by Crippen LogP contribution is -2.65. The summed E-state index contributed by atoms with van der Waals surface area (Å²) in [6.07, 6.45) is -15.5. The molecule has 0 saturated heterocycles. The van der Waals surface area contributed by atoms with E-state index in [1.807, 2.05) is 0 Å². The van der Waals surface area contributed by atoms with Crippen molar-refractivity contribution in [2.75, 3.05) is 0 Å². The van der Waals surface area contributed by atoms with Crippen LogP contribution < -0.4 is 0 Å². The Morgan fingerprint density at radius 2 is 1.41 bits per heavy atom. The maximum absolute atomic E-state index is 15.4. The second kappa shape index (κ2) is 7.75.